The van der Waals surface area contributed by atoms with Crippen LogP contribution < -0.4 is 0 Å². The molecule has 5 nitrogen and oxygen atoms in total. The predicted molar refractivity (Wildman–Crippen MR) is 242 cm³/mol. The summed E-state index contributed by atoms with van der Waals surface area (Å²) < 4.78 is 6.49. The molecular weight excluding hydrogens is 721 g/mol. The molecule has 0 aliphatic carbocycles. The quantitative estimate of drug-likeness (QED) is 0.164. The summed E-state index contributed by atoms with van der Waals surface area (Å²) >= 11 is 0. The minimum Gasteiger partial charge on any atom is -0.454 e. The van der Waals surface area contributed by atoms with E-state index in [-0.39, 0.29) is 0 Å². The molecule has 0 radical (unpaired) electrons. The van der Waals surface area contributed by atoms with E-state index in [4.69, 9.17) is 24.4 Å². The lowest BCUT2D eigenvalue weighted by atomic mass is 9.92. The zero-order valence-corrected chi connectivity index (χ0v) is 31.7. The van der Waals surface area contributed by atoms with Crippen molar-refractivity contribution in [2.24, 2.45) is 0 Å². The van der Waals surface area contributed by atoms with Crippen LogP contribution in [0.4, 0.5) is 0 Å². The third-order valence-corrected chi connectivity index (χ3v) is 11.5. The Bertz CT molecular complexity index is 3580. The minimum atomic E-state index is 0.593. The van der Waals surface area contributed by atoms with Crippen LogP contribution in [-0.2, 0) is 0 Å². The maximum absolute atomic E-state index is 6.49. The fourth-order valence-corrected chi connectivity index (χ4v) is 8.68. The highest BCUT2D eigenvalue weighted by Gasteiger charge is 2.19. The molecule has 0 unspecified atom stereocenters. The summed E-state index contributed by atoms with van der Waals surface area (Å²) in [7, 11) is 0. The van der Waals surface area contributed by atoms with Gasteiger partial charge >= 0.3 is 0 Å². The molecule has 274 valence electrons. The van der Waals surface area contributed by atoms with Gasteiger partial charge in [0.25, 0.3) is 0 Å². The molecule has 12 rings (SSSR count). The van der Waals surface area contributed by atoms with Crippen LogP contribution in [-0.4, -0.2) is 19.9 Å². The molecule has 0 saturated carbocycles. The Morgan fingerprint density at radius 3 is 1.47 bits per heavy atom. The fourth-order valence-electron chi connectivity index (χ4n) is 8.68. The molecule has 0 spiro atoms. The standard InChI is InChI=1S/C54H32N4O/c1-2-13-34(14-3-1)52-56-53(35-27-25-33(26-28-35)50-51-49(44-21-8-10-23-47(44)55-50)45-22-9-11-24-48(45)59-51)58-54(57-52)38-16-12-15-36(31-38)37-29-30-43-41-19-5-4-17-39(41)40-18-6-7-20-42(40)46(43)32-37/h1-32H. The van der Waals surface area contributed by atoms with Crippen LogP contribution in [0.3, 0.4) is 0 Å². The van der Waals surface area contributed by atoms with Crippen molar-refractivity contribution in [1.29, 1.82) is 0 Å². The van der Waals surface area contributed by atoms with Gasteiger partial charge < -0.3 is 4.42 Å². The van der Waals surface area contributed by atoms with E-state index in [0.717, 1.165) is 71.9 Å². The minimum absolute atomic E-state index is 0.593. The molecule has 0 aliphatic rings. The van der Waals surface area contributed by atoms with Gasteiger partial charge in [0.15, 0.2) is 23.1 Å². The number of furan rings is 1. The first kappa shape index (κ1) is 33.2. The number of rotatable bonds is 5. The van der Waals surface area contributed by atoms with Gasteiger partial charge in [-0.1, -0.05) is 170 Å². The van der Waals surface area contributed by atoms with Gasteiger partial charge in [-0.15, -0.1) is 0 Å². The average Bonchev–Trinajstić information content (AvgIpc) is 3.72. The Hall–Kier alpha value is -8.02. The maximum Gasteiger partial charge on any atom is 0.164 e. The zero-order valence-electron chi connectivity index (χ0n) is 31.7. The third kappa shape index (κ3) is 5.47. The Morgan fingerprint density at radius 1 is 0.288 bits per heavy atom. The first-order chi connectivity index (χ1) is 29.2. The molecule has 0 atom stereocenters. The van der Waals surface area contributed by atoms with Crippen LogP contribution in [0.1, 0.15) is 0 Å². The molecule has 0 amide bonds. The molecular formula is C54H32N4O. The van der Waals surface area contributed by atoms with E-state index in [0.29, 0.717) is 17.5 Å². The Labute approximate surface area is 338 Å². The van der Waals surface area contributed by atoms with Gasteiger partial charge in [-0.2, -0.15) is 0 Å². The van der Waals surface area contributed by atoms with Crippen molar-refractivity contribution in [3.8, 4) is 56.5 Å². The van der Waals surface area contributed by atoms with Gasteiger partial charge in [-0.3, -0.25) is 0 Å². The van der Waals surface area contributed by atoms with Crippen molar-refractivity contribution in [2.45, 2.75) is 0 Å². The molecule has 0 aliphatic heterocycles. The smallest absolute Gasteiger partial charge is 0.164 e. The van der Waals surface area contributed by atoms with Crippen molar-refractivity contribution in [1.82, 2.24) is 19.9 Å². The van der Waals surface area contributed by atoms with E-state index < -0.39 is 0 Å². The highest BCUT2D eigenvalue weighted by Crippen LogP contribution is 2.40. The van der Waals surface area contributed by atoms with Crippen LogP contribution in [0.5, 0.6) is 0 Å². The van der Waals surface area contributed by atoms with Crippen molar-refractivity contribution >= 4 is 65.2 Å². The van der Waals surface area contributed by atoms with E-state index in [1.165, 1.54) is 32.3 Å². The van der Waals surface area contributed by atoms with Crippen LogP contribution in [0, 0.1) is 0 Å². The van der Waals surface area contributed by atoms with Crippen LogP contribution in [0.2, 0.25) is 0 Å². The molecule has 0 fully saturated rings. The number of pyridine rings is 1. The average molecular weight is 753 g/mol. The number of hydrogen-bond donors (Lipinski definition) is 0. The summed E-state index contributed by atoms with van der Waals surface area (Å²) in [5.74, 6) is 1.82. The molecule has 9 aromatic carbocycles. The second kappa shape index (κ2) is 13.3. The molecule has 12 aromatic rings. The van der Waals surface area contributed by atoms with Crippen LogP contribution in [0.15, 0.2) is 199 Å². The van der Waals surface area contributed by atoms with Crippen molar-refractivity contribution in [3.63, 3.8) is 0 Å². The summed E-state index contributed by atoms with van der Waals surface area (Å²) in [4.78, 5) is 20.3. The lowest BCUT2D eigenvalue weighted by Gasteiger charge is -2.13. The molecule has 0 bridgehead atoms. The monoisotopic (exact) mass is 752 g/mol. The van der Waals surface area contributed by atoms with Gasteiger partial charge in [-0.05, 0) is 67.7 Å². The van der Waals surface area contributed by atoms with E-state index in [1.54, 1.807) is 0 Å². The van der Waals surface area contributed by atoms with Gasteiger partial charge in [0.2, 0.25) is 0 Å². The topological polar surface area (TPSA) is 64.7 Å². The lowest BCUT2D eigenvalue weighted by Crippen LogP contribution is -2.00. The molecule has 0 N–H and O–H groups in total. The van der Waals surface area contributed by atoms with E-state index in [1.807, 2.05) is 48.5 Å². The summed E-state index contributed by atoms with van der Waals surface area (Å²) in [5, 5.41) is 10.8. The summed E-state index contributed by atoms with van der Waals surface area (Å²) in [6, 6.07) is 67.5. The van der Waals surface area contributed by atoms with E-state index >= 15 is 0 Å². The van der Waals surface area contributed by atoms with Crippen LogP contribution in [0.25, 0.3) is 122 Å². The fraction of sp³-hybridized carbons (Fsp3) is 0. The van der Waals surface area contributed by atoms with Gasteiger partial charge in [0.1, 0.15) is 11.3 Å². The summed E-state index contributed by atoms with van der Waals surface area (Å²) in [6.45, 7) is 0. The molecule has 0 saturated heterocycles. The third-order valence-electron chi connectivity index (χ3n) is 11.5. The predicted octanol–water partition coefficient (Wildman–Crippen LogP) is 14.1. The van der Waals surface area contributed by atoms with Gasteiger partial charge in [0, 0.05) is 38.4 Å². The SMILES string of the molecule is c1ccc(-c2nc(-c3ccc(-c4nc5ccccc5c5c4oc4ccccc45)cc3)nc(-c3cccc(-c4ccc5c6ccccc6c6ccccc6c5c4)c3)n2)cc1. The summed E-state index contributed by atoms with van der Waals surface area (Å²) in [5.41, 5.74) is 9.23. The van der Waals surface area contributed by atoms with Crippen LogP contribution >= 0.6 is 0 Å². The maximum atomic E-state index is 6.49. The Kier molecular flexibility index (Phi) is 7.47. The van der Waals surface area contributed by atoms with Crippen molar-refractivity contribution < 1.29 is 4.42 Å². The van der Waals surface area contributed by atoms with Gasteiger partial charge in [0.05, 0.1) is 5.52 Å². The Morgan fingerprint density at radius 2 is 0.763 bits per heavy atom. The molecule has 59 heavy (non-hydrogen) atoms. The normalized spacial score (nSPS) is 11.7. The number of benzene rings is 9. The van der Waals surface area contributed by atoms with E-state index in [9.17, 15) is 0 Å². The van der Waals surface area contributed by atoms with Gasteiger partial charge in [-0.25, -0.2) is 19.9 Å². The largest absolute Gasteiger partial charge is 0.454 e. The summed E-state index contributed by atoms with van der Waals surface area (Å²) in [6.07, 6.45) is 0. The van der Waals surface area contributed by atoms with E-state index in [2.05, 4.69) is 146 Å². The highest BCUT2D eigenvalue weighted by atomic mass is 16.3. The number of para-hydroxylation sites is 2. The lowest BCUT2D eigenvalue weighted by molar-refractivity contribution is 0.669. The Balaban J connectivity index is 0.972. The number of fused-ring (bicyclic) bond motifs is 11. The zero-order chi connectivity index (χ0) is 38.9. The molecule has 5 heteroatoms. The number of hydrogen-bond acceptors (Lipinski definition) is 5. The first-order valence-corrected chi connectivity index (χ1v) is 19.8. The molecule has 3 heterocycles. The second-order valence-electron chi connectivity index (χ2n) is 15.0. The number of nitrogens with zero attached hydrogens (tertiary/aromatic N) is 4. The highest BCUT2D eigenvalue weighted by molar-refractivity contribution is 6.26. The first-order valence-electron chi connectivity index (χ1n) is 19.8. The molecule has 3 aromatic heterocycles. The second-order valence-corrected chi connectivity index (χ2v) is 15.0. The van der Waals surface area contributed by atoms with Crippen molar-refractivity contribution in [3.05, 3.63) is 194 Å². The van der Waals surface area contributed by atoms with Crippen molar-refractivity contribution in [2.75, 3.05) is 0 Å². The number of aromatic nitrogens is 4.